The van der Waals surface area contributed by atoms with Crippen molar-refractivity contribution in [3.63, 3.8) is 0 Å². The highest BCUT2D eigenvalue weighted by Gasteiger charge is 2.08. The Labute approximate surface area is 110 Å². The summed E-state index contributed by atoms with van der Waals surface area (Å²) in [6, 6.07) is 7.73. The van der Waals surface area contributed by atoms with Crippen molar-refractivity contribution in [3.8, 4) is 5.82 Å². The Morgan fingerprint density at radius 3 is 2.89 bits per heavy atom. The van der Waals surface area contributed by atoms with E-state index >= 15 is 0 Å². The summed E-state index contributed by atoms with van der Waals surface area (Å²) in [6.45, 7) is 2.03. The number of furan rings is 1. The van der Waals surface area contributed by atoms with Crippen LogP contribution in [0, 0.1) is 0 Å². The second-order valence-electron chi connectivity index (χ2n) is 4.13. The van der Waals surface area contributed by atoms with E-state index < -0.39 is 0 Å². The monoisotopic (exact) mass is 255 g/mol. The molecule has 0 aliphatic rings. The molecule has 0 spiro atoms. The predicted molar refractivity (Wildman–Crippen MR) is 69.9 cm³/mol. The van der Waals surface area contributed by atoms with Crippen LogP contribution in [0.25, 0.3) is 5.82 Å². The summed E-state index contributed by atoms with van der Waals surface area (Å²) in [5.41, 5.74) is 0.924. The minimum atomic E-state index is 0.0917. The fraction of sp³-hybridized carbons (Fsp3) is 0.154. The van der Waals surface area contributed by atoms with Crippen molar-refractivity contribution in [2.45, 2.75) is 13.0 Å². The fourth-order valence-electron chi connectivity index (χ4n) is 1.79. The Morgan fingerprint density at radius 1 is 1.32 bits per heavy atom. The maximum Gasteiger partial charge on any atom is 0.155 e. The molecule has 0 aromatic carbocycles. The first-order valence-electron chi connectivity index (χ1n) is 5.94. The van der Waals surface area contributed by atoms with E-state index in [1.807, 2.05) is 31.2 Å². The first kappa shape index (κ1) is 11.5. The number of pyridine rings is 1. The van der Waals surface area contributed by atoms with Gasteiger partial charge in [0, 0.05) is 0 Å². The fourth-order valence-corrected chi connectivity index (χ4v) is 1.79. The molecule has 19 heavy (non-hydrogen) atoms. The van der Waals surface area contributed by atoms with Crippen molar-refractivity contribution in [2.24, 2.45) is 0 Å². The first-order chi connectivity index (χ1) is 9.33. The zero-order valence-corrected chi connectivity index (χ0v) is 10.4. The number of aromatic nitrogens is 4. The summed E-state index contributed by atoms with van der Waals surface area (Å²) in [6.07, 6.45) is 6.52. The second kappa shape index (κ2) is 4.93. The highest BCUT2D eigenvalue weighted by molar-refractivity contribution is 5.44. The highest BCUT2D eigenvalue weighted by Crippen LogP contribution is 2.19. The van der Waals surface area contributed by atoms with E-state index in [-0.39, 0.29) is 6.04 Å². The molecule has 0 bridgehead atoms. The van der Waals surface area contributed by atoms with Gasteiger partial charge < -0.3 is 9.73 Å². The Kier molecular flexibility index (Phi) is 2.97. The van der Waals surface area contributed by atoms with Crippen molar-refractivity contribution in [1.29, 1.82) is 0 Å². The predicted octanol–water partition coefficient (Wildman–Crippen LogP) is 2.43. The number of hydrogen-bond donors (Lipinski definition) is 1. The zero-order chi connectivity index (χ0) is 13.1. The van der Waals surface area contributed by atoms with Gasteiger partial charge in [0.15, 0.2) is 5.82 Å². The van der Waals surface area contributed by atoms with Crippen molar-refractivity contribution >= 4 is 5.69 Å². The first-order valence-corrected chi connectivity index (χ1v) is 5.94. The van der Waals surface area contributed by atoms with E-state index in [9.17, 15) is 0 Å². The van der Waals surface area contributed by atoms with Crippen LogP contribution in [0.15, 0.2) is 53.8 Å². The van der Waals surface area contributed by atoms with Gasteiger partial charge >= 0.3 is 0 Å². The van der Waals surface area contributed by atoms with Crippen LogP contribution in [0.2, 0.25) is 0 Å². The Morgan fingerprint density at radius 2 is 2.26 bits per heavy atom. The summed E-state index contributed by atoms with van der Waals surface area (Å²) < 4.78 is 6.96. The average molecular weight is 255 g/mol. The molecule has 3 aromatic rings. The van der Waals surface area contributed by atoms with Crippen LogP contribution >= 0.6 is 0 Å². The number of rotatable bonds is 4. The molecule has 0 amide bonds. The number of nitrogens with one attached hydrogen (secondary N) is 1. The van der Waals surface area contributed by atoms with Crippen molar-refractivity contribution < 1.29 is 4.42 Å². The van der Waals surface area contributed by atoms with Crippen molar-refractivity contribution in [1.82, 2.24) is 19.7 Å². The number of anilines is 1. The third-order valence-electron chi connectivity index (χ3n) is 2.75. The third kappa shape index (κ3) is 2.47. The lowest BCUT2D eigenvalue weighted by molar-refractivity contribution is 0.490. The van der Waals surface area contributed by atoms with Gasteiger partial charge in [-0.05, 0) is 31.2 Å². The van der Waals surface area contributed by atoms with Gasteiger partial charge in [-0.1, -0.05) is 0 Å². The lowest BCUT2D eigenvalue weighted by atomic mass is 10.2. The third-order valence-corrected chi connectivity index (χ3v) is 2.75. The van der Waals surface area contributed by atoms with Crippen molar-refractivity contribution in [2.75, 3.05) is 5.32 Å². The van der Waals surface area contributed by atoms with Gasteiger partial charge in [0.1, 0.15) is 18.4 Å². The van der Waals surface area contributed by atoms with Gasteiger partial charge in [-0.3, -0.25) is 0 Å². The van der Waals surface area contributed by atoms with Gasteiger partial charge in [-0.2, -0.15) is 5.10 Å². The lowest BCUT2D eigenvalue weighted by Gasteiger charge is -2.12. The maximum absolute atomic E-state index is 5.34. The molecule has 0 fully saturated rings. The summed E-state index contributed by atoms with van der Waals surface area (Å²) >= 11 is 0. The summed E-state index contributed by atoms with van der Waals surface area (Å²) in [4.78, 5) is 8.21. The normalized spacial score (nSPS) is 12.3. The summed E-state index contributed by atoms with van der Waals surface area (Å²) in [5, 5.41) is 7.34. The standard InChI is InChI=1S/C13H13N5O/c1-10(12-3-2-6-19-12)17-11-4-5-13(15-7-11)18-9-14-8-16-18/h2-10,17H,1H3. The molecular formula is C13H13N5O. The van der Waals surface area contributed by atoms with Crippen LogP contribution in [-0.4, -0.2) is 19.7 Å². The molecule has 6 nitrogen and oxygen atoms in total. The molecule has 0 aliphatic heterocycles. The van der Waals surface area contributed by atoms with Gasteiger partial charge in [0.25, 0.3) is 0 Å². The Balaban J connectivity index is 1.73. The number of nitrogens with zero attached hydrogens (tertiary/aromatic N) is 4. The molecule has 0 saturated carbocycles. The molecule has 1 unspecified atom stereocenters. The van der Waals surface area contributed by atoms with Gasteiger partial charge in [-0.15, -0.1) is 0 Å². The van der Waals surface area contributed by atoms with Crippen LogP contribution in [0.1, 0.15) is 18.7 Å². The van der Waals surface area contributed by atoms with E-state index in [2.05, 4.69) is 20.4 Å². The molecule has 1 N–H and O–H groups in total. The smallest absolute Gasteiger partial charge is 0.155 e. The molecule has 3 aromatic heterocycles. The molecule has 0 aliphatic carbocycles. The van der Waals surface area contributed by atoms with Crippen molar-refractivity contribution in [3.05, 3.63) is 55.1 Å². The van der Waals surface area contributed by atoms with E-state index in [1.54, 1.807) is 23.5 Å². The summed E-state index contributed by atoms with van der Waals surface area (Å²) in [5.74, 6) is 1.62. The van der Waals surface area contributed by atoms with E-state index in [0.29, 0.717) is 0 Å². The zero-order valence-electron chi connectivity index (χ0n) is 10.4. The van der Waals surface area contributed by atoms with Crippen LogP contribution in [0.4, 0.5) is 5.69 Å². The molecule has 96 valence electrons. The van der Waals surface area contributed by atoms with E-state index in [4.69, 9.17) is 4.42 Å². The van der Waals surface area contributed by atoms with Crippen LogP contribution in [0.3, 0.4) is 0 Å². The minimum absolute atomic E-state index is 0.0917. The second-order valence-corrected chi connectivity index (χ2v) is 4.13. The van der Waals surface area contributed by atoms with Gasteiger partial charge in [0.2, 0.25) is 0 Å². The van der Waals surface area contributed by atoms with Crippen LogP contribution in [0.5, 0.6) is 0 Å². The molecule has 6 heteroatoms. The minimum Gasteiger partial charge on any atom is -0.467 e. The van der Waals surface area contributed by atoms with E-state index in [0.717, 1.165) is 17.3 Å². The highest BCUT2D eigenvalue weighted by atomic mass is 16.3. The molecular weight excluding hydrogens is 242 g/mol. The van der Waals surface area contributed by atoms with Crippen LogP contribution in [-0.2, 0) is 0 Å². The maximum atomic E-state index is 5.34. The quantitative estimate of drug-likeness (QED) is 0.775. The molecule has 0 saturated heterocycles. The largest absolute Gasteiger partial charge is 0.467 e. The molecule has 3 heterocycles. The topological polar surface area (TPSA) is 68.8 Å². The Bertz CT molecular complexity index is 616. The van der Waals surface area contributed by atoms with Gasteiger partial charge in [-0.25, -0.2) is 14.6 Å². The summed E-state index contributed by atoms with van der Waals surface area (Å²) in [7, 11) is 0. The molecule has 3 rings (SSSR count). The Hall–Kier alpha value is -2.63. The average Bonchev–Trinajstić information content (AvgIpc) is 3.13. The molecule has 0 radical (unpaired) electrons. The van der Waals surface area contributed by atoms with E-state index in [1.165, 1.54) is 6.33 Å². The number of hydrogen-bond acceptors (Lipinski definition) is 5. The SMILES string of the molecule is CC(Nc1ccc(-n2cncn2)nc1)c1ccco1. The van der Waals surface area contributed by atoms with Gasteiger partial charge in [0.05, 0.1) is 24.2 Å². The van der Waals surface area contributed by atoms with Crippen LogP contribution < -0.4 is 5.32 Å². The lowest BCUT2D eigenvalue weighted by Crippen LogP contribution is -2.06. The molecule has 1 atom stereocenters.